The molecule has 1 rings (SSSR count). The third kappa shape index (κ3) is 5.42. The smallest absolute Gasteiger partial charge is 0.204 e. The van der Waals surface area contributed by atoms with E-state index in [1.807, 2.05) is 20.1 Å². The van der Waals surface area contributed by atoms with Gasteiger partial charge in [-0.1, -0.05) is 40.5 Å². The fourth-order valence-electron chi connectivity index (χ4n) is 1.98. The number of hydrogen-bond donors (Lipinski definition) is 0. The Kier molecular flexibility index (Phi) is 6.10. The van der Waals surface area contributed by atoms with Crippen LogP contribution in [0.25, 0.3) is 0 Å². The van der Waals surface area contributed by atoms with E-state index in [1.165, 1.54) is 6.42 Å². The summed E-state index contributed by atoms with van der Waals surface area (Å²) >= 11 is 0. The maximum Gasteiger partial charge on any atom is 0.204 e. The van der Waals surface area contributed by atoms with Crippen molar-refractivity contribution in [3.05, 3.63) is 11.8 Å². The van der Waals surface area contributed by atoms with Crippen molar-refractivity contribution in [3.63, 3.8) is 0 Å². The largest absolute Gasteiger partial charge is 0.470 e. The van der Waals surface area contributed by atoms with Crippen molar-refractivity contribution in [1.29, 1.82) is 0 Å². The van der Waals surface area contributed by atoms with Gasteiger partial charge in [-0.25, -0.2) is 0 Å². The molecule has 0 radical (unpaired) electrons. The molecule has 0 aliphatic carbocycles. The Balaban J connectivity index is 2.72. The second-order valence-corrected chi connectivity index (χ2v) is 12.8. The summed E-state index contributed by atoms with van der Waals surface area (Å²) in [4.78, 5) is 0. The van der Waals surface area contributed by atoms with Crippen LogP contribution in [-0.2, 0) is 13.9 Å². The summed E-state index contributed by atoms with van der Waals surface area (Å²) in [6.07, 6.45) is 5.38. The van der Waals surface area contributed by atoms with Gasteiger partial charge in [0.15, 0.2) is 8.32 Å². The molecule has 0 spiro atoms. The first-order valence-corrected chi connectivity index (χ1v) is 11.1. The van der Waals surface area contributed by atoms with E-state index in [-0.39, 0.29) is 11.1 Å². The van der Waals surface area contributed by atoms with E-state index in [0.29, 0.717) is 6.61 Å². The predicted molar refractivity (Wildman–Crippen MR) is 90.8 cm³/mol. The van der Waals surface area contributed by atoms with Crippen molar-refractivity contribution < 1.29 is 13.9 Å². The third-order valence-electron chi connectivity index (χ3n) is 4.56. The second-order valence-electron chi connectivity index (χ2n) is 8.01. The van der Waals surface area contributed by atoms with Gasteiger partial charge >= 0.3 is 0 Å². The molecule has 1 unspecified atom stereocenters. The molecule has 0 N–H and O–H groups in total. The van der Waals surface area contributed by atoms with Crippen LogP contribution in [-0.4, -0.2) is 26.8 Å². The van der Waals surface area contributed by atoms with Crippen molar-refractivity contribution in [2.24, 2.45) is 0 Å². The van der Waals surface area contributed by atoms with Crippen molar-refractivity contribution >= 4 is 8.32 Å². The van der Waals surface area contributed by atoms with E-state index in [1.54, 1.807) is 0 Å². The van der Waals surface area contributed by atoms with Crippen molar-refractivity contribution in [2.45, 2.75) is 90.8 Å². The number of hydrogen-bond acceptors (Lipinski definition) is 3. The first-order chi connectivity index (χ1) is 9.48. The highest BCUT2D eigenvalue weighted by Gasteiger charge is 2.38. The molecular formula is C17H34O3Si. The van der Waals surface area contributed by atoms with Crippen LogP contribution in [0, 0.1) is 0 Å². The highest BCUT2D eigenvalue weighted by atomic mass is 28.4. The third-order valence-corrected chi connectivity index (χ3v) is 9.04. The van der Waals surface area contributed by atoms with Crippen LogP contribution >= 0.6 is 0 Å². The molecule has 0 saturated heterocycles. The quantitative estimate of drug-likeness (QED) is 0.628. The zero-order valence-corrected chi connectivity index (χ0v) is 16.2. The first-order valence-electron chi connectivity index (χ1n) is 8.17. The van der Waals surface area contributed by atoms with E-state index in [2.05, 4.69) is 40.8 Å². The van der Waals surface area contributed by atoms with Crippen LogP contribution in [0.5, 0.6) is 0 Å². The Morgan fingerprint density at radius 2 is 1.90 bits per heavy atom. The number of unbranched alkanes of at least 4 members (excludes halogenated alkanes) is 1. The van der Waals surface area contributed by atoms with Crippen LogP contribution in [0.4, 0.5) is 0 Å². The standard InChI is InChI=1S/C17H34O3Si/c1-9-10-11-15-14(12-18-17(5,6)20-15)13-19-21(7,8)16(2,3)4/h12,15H,9-11,13H2,1-8H3. The SMILES string of the molecule is CCCCC1OC(C)(C)OC=C1CO[Si](C)(C)C(C)(C)C. The highest BCUT2D eigenvalue weighted by Crippen LogP contribution is 2.37. The summed E-state index contributed by atoms with van der Waals surface area (Å²) in [5, 5.41) is 0.224. The molecule has 0 bridgehead atoms. The summed E-state index contributed by atoms with van der Waals surface area (Å²) < 4.78 is 18.1. The highest BCUT2D eigenvalue weighted by molar-refractivity contribution is 6.74. The van der Waals surface area contributed by atoms with Crippen LogP contribution in [0.15, 0.2) is 11.8 Å². The minimum absolute atomic E-state index is 0.124. The summed E-state index contributed by atoms with van der Waals surface area (Å²) in [6, 6.07) is 0. The molecule has 1 heterocycles. The van der Waals surface area contributed by atoms with Gasteiger partial charge in [0, 0.05) is 19.4 Å². The Hall–Kier alpha value is -0.323. The molecule has 0 amide bonds. The Bertz CT molecular complexity index is 367. The molecule has 0 aromatic carbocycles. The van der Waals surface area contributed by atoms with Gasteiger partial charge in [-0.05, 0) is 24.6 Å². The maximum absolute atomic E-state index is 6.32. The monoisotopic (exact) mass is 314 g/mol. The average Bonchev–Trinajstić information content (AvgIpc) is 2.33. The zero-order chi connectivity index (χ0) is 16.3. The minimum atomic E-state index is -1.74. The molecule has 0 aromatic rings. The lowest BCUT2D eigenvalue weighted by molar-refractivity contribution is -0.219. The zero-order valence-electron chi connectivity index (χ0n) is 15.2. The van der Waals surface area contributed by atoms with Crippen molar-refractivity contribution in [2.75, 3.05) is 6.61 Å². The molecular weight excluding hydrogens is 280 g/mol. The molecule has 1 aliphatic heterocycles. The van der Waals surface area contributed by atoms with E-state index < -0.39 is 14.1 Å². The van der Waals surface area contributed by atoms with Gasteiger partial charge in [-0.15, -0.1) is 0 Å². The second kappa shape index (κ2) is 6.84. The van der Waals surface area contributed by atoms with Gasteiger partial charge in [0.2, 0.25) is 5.79 Å². The molecule has 0 saturated carbocycles. The van der Waals surface area contributed by atoms with Crippen molar-refractivity contribution in [3.8, 4) is 0 Å². The summed E-state index contributed by atoms with van der Waals surface area (Å²) in [6.45, 7) is 18.1. The Morgan fingerprint density at radius 3 is 2.43 bits per heavy atom. The number of ether oxygens (including phenoxy) is 2. The van der Waals surface area contributed by atoms with Gasteiger partial charge in [0.05, 0.1) is 19.0 Å². The van der Waals surface area contributed by atoms with Crippen LogP contribution < -0.4 is 0 Å². The topological polar surface area (TPSA) is 27.7 Å². The van der Waals surface area contributed by atoms with Crippen LogP contribution in [0.1, 0.15) is 60.8 Å². The van der Waals surface area contributed by atoms with Gasteiger partial charge in [0.25, 0.3) is 0 Å². The lowest BCUT2D eigenvalue weighted by Crippen LogP contribution is -2.43. The molecule has 21 heavy (non-hydrogen) atoms. The molecule has 0 fully saturated rings. The van der Waals surface area contributed by atoms with Crippen molar-refractivity contribution in [1.82, 2.24) is 0 Å². The minimum Gasteiger partial charge on any atom is -0.470 e. The van der Waals surface area contributed by atoms with E-state index in [4.69, 9.17) is 13.9 Å². The van der Waals surface area contributed by atoms with E-state index in [9.17, 15) is 0 Å². The van der Waals surface area contributed by atoms with E-state index >= 15 is 0 Å². The first kappa shape index (κ1) is 18.7. The van der Waals surface area contributed by atoms with Gasteiger partial charge in [0.1, 0.15) is 0 Å². The lowest BCUT2D eigenvalue weighted by atomic mass is 10.0. The summed E-state index contributed by atoms with van der Waals surface area (Å²) in [7, 11) is -1.74. The summed E-state index contributed by atoms with van der Waals surface area (Å²) in [5.74, 6) is -0.529. The Labute approximate surface area is 132 Å². The Morgan fingerprint density at radius 1 is 1.29 bits per heavy atom. The number of rotatable bonds is 6. The average molecular weight is 315 g/mol. The van der Waals surface area contributed by atoms with Gasteiger partial charge < -0.3 is 13.9 Å². The maximum atomic E-state index is 6.32. The van der Waals surface area contributed by atoms with E-state index in [0.717, 1.165) is 18.4 Å². The molecule has 1 aliphatic rings. The predicted octanol–water partition coefficient (Wildman–Crippen LogP) is 5.23. The lowest BCUT2D eigenvalue weighted by Gasteiger charge is -2.39. The van der Waals surface area contributed by atoms with Crippen LogP contribution in [0.2, 0.25) is 18.1 Å². The van der Waals surface area contributed by atoms with Gasteiger partial charge in [-0.3, -0.25) is 0 Å². The fourth-order valence-corrected chi connectivity index (χ4v) is 2.94. The molecule has 0 aromatic heterocycles. The van der Waals surface area contributed by atoms with Gasteiger partial charge in [-0.2, -0.15) is 0 Å². The molecule has 4 heteroatoms. The normalized spacial score (nSPS) is 22.7. The van der Waals surface area contributed by atoms with Crippen LogP contribution in [0.3, 0.4) is 0 Å². The summed E-state index contributed by atoms with van der Waals surface area (Å²) in [5.41, 5.74) is 1.15. The molecule has 3 nitrogen and oxygen atoms in total. The molecule has 124 valence electrons. The molecule has 1 atom stereocenters. The fraction of sp³-hybridized carbons (Fsp3) is 0.882.